The van der Waals surface area contributed by atoms with Crippen LogP contribution in [0, 0.1) is 0 Å². The van der Waals surface area contributed by atoms with Crippen LogP contribution in [0.25, 0.3) is 33.1 Å². The minimum Gasteiger partial charge on any atom is -0.382 e. The van der Waals surface area contributed by atoms with Crippen LogP contribution in [0.3, 0.4) is 0 Å². The molecule has 9 nitrogen and oxygen atoms in total. The zero-order valence-electron chi connectivity index (χ0n) is 19.7. The number of hydrogen-bond donors (Lipinski definition) is 2. The zero-order valence-corrected chi connectivity index (χ0v) is 20.5. The summed E-state index contributed by atoms with van der Waals surface area (Å²) in [5.74, 6) is 1.06. The van der Waals surface area contributed by atoms with Crippen molar-refractivity contribution in [3.05, 3.63) is 48.5 Å². The van der Waals surface area contributed by atoms with Gasteiger partial charge in [-0.2, -0.15) is 0 Å². The molecule has 1 aromatic carbocycles. The molecule has 0 saturated heterocycles. The average Bonchev–Trinajstić information content (AvgIpc) is 3.16. The summed E-state index contributed by atoms with van der Waals surface area (Å²) in [5, 5.41) is 6.33. The molecule has 180 valence electrons. The Morgan fingerprint density at radius 2 is 1.94 bits per heavy atom. The molecule has 0 radical (unpaired) electrons. The first kappa shape index (κ1) is 24.1. The molecule has 4 N–H and O–H groups in total. The van der Waals surface area contributed by atoms with Gasteiger partial charge in [-0.1, -0.05) is 18.2 Å². The van der Waals surface area contributed by atoms with Crippen LogP contribution in [0.15, 0.2) is 42.7 Å². The first-order valence-electron chi connectivity index (χ1n) is 11.2. The van der Waals surface area contributed by atoms with Crippen molar-refractivity contribution in [2.75, 3.05) is 12.3 Å². The Kier molecular flexibility index (Phi) is 6.57. The monoisotopic (exact) mass is 482 g/mol. The van der Waals surface area contributed by atoms with Crippen molar-refractivity contribution in [1.29, 1.82) is 0 Å². The van der Waals surface area contributed by atoms with E-state index in [-0.39, 0.29) is 0 Å². The third-order valence-corrected chi connectivity index (χ3v) is 7.89. The van der Waals surface area contributed by atoms with Crippen LogP contribution in [0.2, 0.25) is 0 Å². The van der Waals surface area contributed by atoms with Crippen molar-refractivity contribution in [2.45, 2.75) is 51.5 Å². The number of nitrogen functional groups attached to an aromatic ring is 1. The van der Waals surface area contributed by atoms with E-state index in [2.05, 4.69) is 14.5 Å². The summed E-state index contributed by atoms with van der Waals surface area (Å²) in [4.78, 5) is 13.6. The van der Waals surface area contributed by atoms with Gasteiger partial charge < -0.3 is 15.0 Å². The zero-order chi connectivity index (χ0) is 24.5. The molecule has 34 heavy (non-hydrogen) atoms. The Morgan fingerprint density at radius 3 is 2.62 bits per heavy atom. The van der Waals surface area contributed by atoms with Crippen LogP contribution in [-0.2, 0) is 27.9 Å². The lowest BCUT2D eigenvalue weighted by Crippen LogP contribution is -2.37. The number of aromatic nitrogens is 4. The normalized spacial score (nSPS) is 12.6. The van der Waals surface area contributed by atoms with Gasteiger partial charge in [-0.3, -0.25) is 4.98 Å². The summed E-state index contributed by atoms with van der Waals surface area (Å²) in [6.45, 7) is 6.62. The Labute approximate surface area is 199 Å². The second-order valence-electron chi connectivity index (χ2n) is 8.89. The number of pyridine rings is 2. The van der Waals surface area contributed by atoms with Crippen molar-refractivity contribution in [3.8, 4) is 11.1 Å². The SMILES string of the molecule is CCOCc1nc2c(N)nc3cc(-c4cccnc4)ccc3c2n1CCCC(C)(C)S(N)(=O)=O. The second-order valence-corrected chi connectivity index (χ2v) is 11.1. The molecule has 0 unspecified atom stereocenters. The fourth-order valence-electron chi connectivity index (χ4n) is 4.02. The highest BCUT2D eigenvalue weighted by molar-refractivity contribution is 7.90. The third kappa shape index (κ3) is 4.61. The number of aryl methyl sites for hydroxylation is 1. The van der Waals surface area contributed by atoms with Gasteiger partial charge in [0.25, 0.3) is 0 Å². The molecule has 0 saturated carbocycles. The van der Waals surface area contributed by atoms with E-state index in [1.807, 2.05) is 37.3 Å². The van der Waals surface area contributed by atoms with E-state index in [0.29, 0.717) is 43.9 Å². The average molecular weight is 483 g/mol. The molecular weight excluding hydrogens is 452 g/mol. The number of hydrogen-bond acceptors (Lipinski definition) is 7. The van der Waals surface area contributed by atoms with Gasteiger partial charge >= 0.3 is 0 Å². The molecule has 0 fully saturated rings. The van der Waals surface area contributed by atoms with Gasteiger partial charge in [0.05, 0.1) is 15.8 Å². The largest absolute Gasteiger partial charge is 0.382 e. The highest BCUT2D eigenvalue weighted by Crippen LogP contribution is 2.32. The van der Waals surface area contributed by atoms with E-state index in [4.69, 9.17) is 20.6 Å². The van der Waals surface area contributed by atoms with E-state index >= 15 is 0 Å². The summed E-state index contributed by atoms with van der Waals surface area (Å²) in [7, 11) is -3.67. The molecule has 0 spiro atoms. The predicted octanol–water partition coefficient (Wildman–Crippen LogP) is 3.61. The maximum atomic E-state index is 11.9. The van der Waals surface area contributed by atoms with Crippen LogP contribution in [-0.4, -0.2) is 39.3 Å². The van der Waals surface area contributed by atoms with Gasteiger partial charge in [-0.25, -0.2) is 23.5 Å². The summed E-state index contributed by atoms with van der Waals surface area (Å²) in [6.07, 6.45) is 4.54. The first-order valence-corrected chi connectivity index (χ1v) is 12.8. The fraction of sp³-hybridized carbons (Fsp3) is 0.375. The minimum absolute atomic E-state index is 0.318. The van der Waals surface area contributed by atoms with Gasteiger partial charge in [0, 0.05) is 36.5 Å². The van der Waals surface area contributed by atoms with E-state index in [0.717, 1.165) is 33.4 Å². The smallest absolute Gasteiger partial charge is 0.214 e. The number of fused-ring (bicyclic) bond motifs is 3. The Bertz CT molecular complexity index is 1430. The number of anilines is 1. The Balaban J connectivity index is 1.81. The standard InChI is InChI=1S/C24H30N6O3S/c1-4-33-15-20-29-21-22(30(20)12-6-10-24(2,3)34(26,31)32)18-9-8-16(13-19(18)28-23(21)25)17-7-5-11-27-14-17/h5,7-9,11,13-14H,4,6,10,12,15H2,1-3H3,(H2,25,28)(H2,26,31,32). The summed E-state index contributed by atoms with van der Waals surface area (Å²) in [5.41, 5.74) is 10.5. The fourth-order valence-corrected chi connectivity index (χ4v) is 4.45. The van der Waals surface area contributed by atoms with E-state index in [1.54, 1.807) is 26.2 Å². The van der Waals surface area contributed by atoms with Crippen molar-refractivity contribution in [3.63, 3.8) is 0 Å². The molecule has 0 aliphatic carbocycles. The van der Waals surface area contributed by atoms with Gasteiger partial charge in [-0.15, -0.1) is 0 Å². The van der Waals surface area contributed by atoms with E-state index < -0.39 is 14.8 Å². The summed E-state index contributed by atoms with van der Waals surface area (Å²) >= 11 is 0. The number of primary sulfonamides is 1. The lowest BCUT2D eigenvalue weighted by atomic mass is 10.0. The molecule has 0 atom stereocenters. The maximum Gasteiger partial charge on any atom is 0.214 e. The Hall–Kier alpha value is -3.08. The third-order valence-electron chi connectivity index (χ3n) is 6.14. The van der Waals surface area contributed by atoms with Crippen molar-refractivity contribution in [2.24, 2.45) is 5.14 Å². The second kappa shape index (κ2) is 9.28. The molecule has 10 heteroatoms. The highest BCUT2D eigenvalue weighted by Gasteiger charge is 2.30. The van der Waals surface area contributed by atoms with Crippen LogP contribution in [0.4, 0.5) is 5.82 Å². The number of imidazole rings is 1. The molecule has 0 aliphatic rings. The molecule has 3 heterocycles. The molecule has 0 bridgehead atoms. The van der Waals surface area contributed by atoms with Crippen molar-refractivity contribution < 1.29 is 13.2 Å². The lowest BCUT2D eigenvalue weighted by molar-refractivity contribution is 0.126. The van der Waals surface area contributed by atoms with E-state index in [1.165, 1.54) is 0 Å². The topological polar surface area (TPSA) is 139 Å². The van der Waals surface area contributed by atoms with Crippen molar-refractivity contribution in [1.82, 2.24) is 19.5 Å². The number of benzene rings is 1. The molecular formula is C24H30N6O3S. The number of sulfonamides is 1. The highest BCUT2D eigenvalue weighted by atomic mass is 32.2. The van der Waals surface area contributed by atoms with Crippen LogP contribution >= 0.6 is 0 Å². The number of nitrogens with two attached hydrogens (primary N) is 2. The van der Waals surface area contributed by atoms with Crippen LogP contribution in [0.1, 0.15) is 39.4 Å². The Morgan fingerprint density at radius 1 is 1.15 bits per heavy atom. The van der Waals surface area contributed by atoms with E-state index in [9.17, 15) is 8.42 Å². The molecule has 0 amide bonds. The molecule has 0 aliphatic heterocycles. The number of ether oxygens (including phenoxy) is 1. The van der Waals surface area contributed by atoms with Crippen LogP contribution in [0.5, 0.6) is 0 Å². The maximum absolute atomic E-state index is 11.9. The number of rotatable bonds is 9. The van der Waals surface area contributed by atoms with Gasteiger partial charge in [0.2, 0.25) is 10.0 Å². The quantitative estimate of drug-likeness (QED) is 0.371. The lowest BCUT2D eigenvalue weighted by Gasteiger charge is -2.22. The minimum atomic E-state index is -3.67. The predicted molar refractivity (Wildman–Crippen MR) is 134 cm³/mol. The molecule has 3 aromatic heterocycles. The van der Waals surface area contributed by atoms with Crippen molar-refractivity contribution >= 4 is 37.8 Å². The summed E-state index contributed by atoms with van der Waals surface area (Å²) < 4.78 is 30.6. The van der Waals surface area contributed by atoms with Gasteiger partial charge in [0.15, 0.2) is 5.82 Å². The van der Waals surface area contributed by atoms with Crippen LogP contribution < -0.4 is 10.9 Å². The summed E-state index contributed by atoms with van der Waals surface area (Å²) in [6, 6.07) is 9.92. The van der Waals surface area contributed by atoms with Gasteiger partial charge in [-0.05, 0) is 51.3 Å². The molecule has 4 aromatic rings. The molecule has 4 rings (SSSR count). The van der Waals surface area contributed by atoms with Gasteiger partial charge in [0.1, 0.15) is 17.9 Å². The number of nitrogens with zero attached hydrogens (tertiary/aromatic N) is 4. The first-order chi connectivity index (χ1) is 16.1.